The Morgan fingerprint density at radius 1 is 1.39 bits per heavy atom. The summed E-state index contributed by atoms with van der Waals surface area (Å²) in [5.74, 6) is 0.941. The van der Waals surface area contributed by atoms with E-state index < -0.39 is 9.84 Å². The van der Waals surface area contributed by atoms with Crippen LogP contribution in [0.1, 0.15) is 25.7 Å². The average Bonchev–Trinajstić information content (AvgIpc) is 3.08. The van der Waals surface area contributed by atoms with E-state index >= 15 is 0 Å². The molecule has 1 saturated carbocycles. The van der Waals surface area contributed by atoms with Crippen LogP contribution in [-0.4, -0.2) is 21.2 Å². The van der Waals surface area contributed by atoms with E-state index in [4.69, 9.17) is 5.73 Å². The maximum absolute atomic E-state index is 11.4. The summed E-state index contributed by atoms with van der Waals surface area (Å²) in [4.78, 5) is 0.267. The molecule has 1 aromatic rings. The number of nitrogens with one attached hydrogen (secondary N) is 1. The topological polar surface area (TPSA) is 72.2 Å². The van der Waals surface area contributed by atoms with E-state index in [1.54, 1.807) is 12.1 Å². The highest BCUT2D eigenvalue weighted by molar-refractivity contribution is 7.90. The number of hydrogen-bond donors (Lipinski definition) is 2. The molecule has 1 aromatic carbocycles. The zero-order chi connectivity index (χ0) is 13.2. The highest BCUT2D eigenvalue weighted by Gasteiger charge is 2.19. The molecular weight excluding hydrogens is 248 g/mol. The molecule has 0 amide bonds. The summed E-state index contributed by atoms with van der Waals surface area (Å²) in [7, 11) is -3.18. The van der Waals surface area contributed by atoms with Crippen LogP contribution in [0.15, 0.2) is 23.1 Å². The Labute approximate surface area is 108 Å². The van der Waals surface area contributed by atoms with Crippen molar-refractivity contribution in [2.75, 3.05) is 23.9 Å². The van der Waals surface area contributed by atoms with Crippen LogP contribution in [0, 0.1) is 5.92 Å². The molecule has 18 heavy (non-hydrogen) atoms. The SMILES string of the molecule is CS(=O)(=O)c1ccc(NCCCC2CC2)c(N)c1. The number of rotatable bonds is 6. The molecule has 100 valence electrons. The van der Waals surface area contributed by atoms with Gasteiger partial charge in [0.05, 0.1) is 16.3 Å². The van der Waals surface area contributed by atoms with Gasteiger partial charge in [-0.05, 0) is 37.0 Å². The zero-order valence-electron chi connectivity index (χ0n) is 10.6. The lowest BCUT2D eigenvalue weighted by Crippen LogP contribution is -2.06. The van der Waals surface area contributed by atoms with Crippen molar-refractivity contribution in [2.45, 2.75) is 30.6 Å². The first-order valence-corrected chi connectivity index (χ1v) is 8.19. The van der Waals surface area contributed by atoms with Gasteiger partial charge in [-0.15, -0.1) is 0 Å². The number of benzene rings is 1. The van der Waals surface area contributed by atoms with Gasteiger partial charge < -0.3 is 11.1 Å². The van der Waals surface area contributed by atoms with Gasteiger partial charge >= 0.3 is 0 Å². The fourth-order valence-electron chi connectivity index (χ4n) is 1.95. The normalized spacial score (nSPS) is 15.6. The average molecular weight is 268 g/mol. The minimum Gasteiger partial charge on any atom is -0.397 e. The number of hydrogen-bond acceptors (Lipinski definition) is 4. The first-order chi connectivity index (χ1) is 8.47. The van der Waals surface area contributed by atoms with Crippen molar-refractivity contribution in [2.24, 2.45) is 5.92 Å². The molecule has 0 bridgehead atoms. The minimum absolute atomic E-state index is 0.267. The van der Waals surface area contributed by atoms with Crippen LogP contribution in [0.25, 0.3) is 0 Å². The smallest absolute Gasteiger partial charge is 0.175 e. The van der Waals surface area contributed by atoms with Crippen LogP contribution in [0.5, 0.6) is 0 Å². The molecule has 5 heteroatoms. The van der Waals surface area contributed by atoms with E-state index in [0.29, 0.717) is 5.69 Å². The van der Waals surface area contributed by atoms with E-state index in [2.05, 4.69) is 5.32 Å². The predicted molar refractivity (Wildman–Crippen MR) is 74.4 cm³/mol. The van der Waals surface area contributed by atoms with Crippen molar-refractivity contribution in [1.29, 1.82) is 0 Å². The number of sulfone groups is 1. The van der Waals surface area contributed by atoms with Crippen LogP contribution >= 0.6 is 0 Å². The van der Waals surface area contributed by atoms with Crippen molar-refractivity contribution in [1.82, 2.24) is 0 Å². The van der Waals surface area contributed by atoms with Crippen molar-refractivity contribution in [3.8, 4) is 0 Å². The summed E-state index contributed by atoms with van der Waals surface area (Å²) < 4.78 is 22.7. The van der Waals surface area contributed by atoms with Crippen molar-refractivity contribution in [3.05, 3.63) is 18.2 Å². The van der Waals surface area contributed by atoms with Gasteiger partial charge in [-0.25, -0.2) is 8.42 Å². The third-order valence-electron chi connectivity index (χ3n) is 3.25. The highest BCUT2D eigenvalue weighted by Crippen LogP contribution is 2.33. The fraction of sp³-hybridized carbons (Fsp3) is 0.538. The van der Waals surface area contributed by atoms with Gasteiger partial charge in [0.25, 0.3) is 0 Å². The van der Waals surface area contributed by atoms with Gasteiger partial charge in [0.2, 0.25) is 0 Å². The first-order valence-electron chi connectivity index (χ1n) is 6.30. The molecule has 0 aliphatic heterocycles. The van der Waals surface area contributed by atoms with Crippen LogP contribution in [-0.2, 0) is 9.84 Å². The molecular formula is C13H20N2O2S. The number of nitrogens with two attached hydrogens (primary N) is 1. The van der Waals surface area contributed by atoms with Crippen molar-refractivity contribution < 1.29 is 8.42 Å². The Bertz CT molecular complexity index is 522. The van der Waals surface area contributed by atoms with Crippen molar-refractivity contribution >= 4 is 21.2 Å². The van der Waals surface area contributed by atoms with Gasteiger partial charge in [-0.2, -0.15) is 0 Å². The summed E-state index contributed by atoms with van der Waals surface area (Å²) in [6.07, 6.45) is 6.35. The molecule has 0 heterocycles. The summed E-state index contributed by atoms with van der Waals surface area (Å²) in [5, 5.41) is 3.25. The second kappa shape index (κ2) is 5.18. The van der Waals surface area contributed by atoms with Gasteiger partial charge in [-0.1, -0.05) is 12.8 Å². The molecule has 1 fully saturated rings. The maximum Gasteiger partial charge on any atom is 0.175 e. The molecule has 0 atom stereocenters. The summed E-state index contributed by atoms with van der Waals surface area (Å²) in [6.45, 7) is 0.888. The molecule has 0 aromatic heterocycles. The largest absolute Gasteiger partial charge is 0.397 e. The Morgan fingerprint density at radius 3 is 2.67 bits per heavy atom. The van der Waals surface area contributed by atoms with Crippen molar-refractivity contribution in [3.63, 3.8) is 0 Å². The second-order valence-electron chi connectivity index (χ2n) is 5.03. The number of anilines is 2. The Hall–Kier alpha value is -1.23. The molecule has 1 aliphatic carbocycles. The third-order valence-corrected chi connectivity index (χ3v) is 4.36. The van der Waals surface area contributed by atoms with Gasteiger partial charge in [0.1, 0.15) is 0 Å². The molecule has 0 saturated heterocycles. The van der Waals surface area contributed by atoms with Gasteiger partial charge in [0, 0.05) is 12.8 Å². The molecule has 0 spiro atoms. The van der Waals surface area contributed by atoms with Crippen LogP contribution in [0.4, 0.5) is 11.4 Å². The van der Waals surface area contributed by atoms with Crippen LogP contribution in [0.3, 0.4) is 0 Å². The monoisotopic (exact) mass is 268 g/mol. The Kier molecular flexibility index (Phi) is 3.80. The Balaban J connectivity index is 1.92. The minimum atomic E-state index is -3.18. The predicted octanol–water partition coefficient (Wildman–Crippen LogP) is 2.27. The van der Waals surface area contributed by atoms with E-state index in [9.17, 15) is 8.42 Å². The highest BCUT2D eigenvalue weighted by atomic mass is 32.2. The summed E-state index contributed by atoms with van der Waals surface area (Å²) >= 11 is 0. The quantitative estimate of drug-likeness (QED) is 0.613. The van der Waals surface area contributed by atoms with E-state index in [1.807, 2.05) is 0 Å². The van der Waals surface area contributed by atoms with Gasteiger partial charge in [0.15, 0.2) is 9.84 Å². The van der Waals surface area contributed by atoms with E-state index in [1.165, 1.54) is 31.6 Å². The maximum atomic E-state index is 11.4. The van der Waals surface area contributed by atoms with E-state index in [0.717, 1.165) is 24.6 Å². The molecule has 3 N–H and O–H groups in total. The molecule has 1 aliphatic rings. The summed E-state index contributed by atoms with van der Waals surface area (Å²) in [6, 6.07) is 4.84. The van der Waals surface area contributed by atoms with Crippen LogP contribution in [0.2, 0.25) is 0 Å². The fourth-order valence-corrected chi connectivity index (χ4v) is 2.61. The van der Waals surface area contributed by atoms with Gasteiger partial charge in [-0.3, -0.25) is 0 Å². The molecule has 0 radical (unpaired) electrons. The Morgan fingerprint density at radius 2 is 2.11 bits per heavy atom. The molecule has 0 unspecified atom stereocenters. The lowest BCUT2D eigenvalue weighted by atomic mass is 10.2. The first kappa shape index (κ1) is 13.2. The zero-order valence-corrected chi connectivity index (χ0v) is 11.5. The lowest BCUT2D eigenvalue weighted by molar-refractivity contribution is 0.602. The van der Waals surface area contributed by atoms with Crippen LogP contribution < -0.4 is 11.1 Å². The number of nitrogen functional groups attached to an aromatic ring is 1. The second-order valence-corrected chi connectivity index (χ2v) is 7.05. The summed E-state index contributed by atoms with van der Waals surface area (Å²) in [5.41, 5.74) is 7.15. The molecule has 2 rings (SSSR count). The third kappa shape index (κ3) is 3.63. The van der Waals surface area contributed by atoms with E-state index in [-0.39, 0.29) is 4.90 Å². The standard InChI is InChI=1S/C13H20N2O2S/c1-18(16,17)11-6-7-13(12(14)9-11)15-8-2-3-10-4-5-10/h6-7,9-10,15H,2-5,8,14H2,1H3. The molecule has 4 nitrogen and oxygen atoms in total. The lowest BCUT2D eigenvalue weighted by Gasteiger charge is -2.10.